The molecule has 5 heteroatoms. The second-order valence-electron chi connectivity index (χ2n) is 7.92. The van der Waals surface area contributed by atoms with E-state index in [-0.39, 0.29) is 11.8 Å². The van der Waals surface area contributed by atoms with Crippen LogP contribution >= 0.6 is 11.6 Å². The number of hydrogen-bond donors (Lipinski definition) is 0. The monoisotopic (exact) mass is 415 g/mol. The summed E-state index contributed by atoms with van der Waals surface area (Å²) in [6, 6.07) is 24.2. The molecule has 3 aromatic carbocycles. The Morgan fingerprint density at radius 2 is 1.83 bits per heavy atom. The Balaban J connectivity index is 1.52. The lowest BCUT2D eigenvalue weighted by Crippen LogP contribution is -2.24. The van der Waals surface area contributed by atoms with Gasteiger partial charge in [0.15, 0.2) is 0 Å². The van der Waals surface area contributed by atoms with Crippen molar-refractivity contribution in [2.45, 2.75) is 25.8 Å². The van der Waals surface area contributed by atoms with E-state index < -0.39 is 0 Å². The number of benzene rings is 3. The van der Waals surface area contributed by atoms with Gasteiger partial charge in [0.05, 0.1) is 11.0 Å². The van der Waals surface area contributed by atoms with E-state index in [0.717, 1.165) is 38.7 Å². The zero-order valence-electron chi connectivity index (χ0n) is 16.8. The molecule has 0 unspecified atom stereocenters. The summed E-state index contributed by atoms with van der Waals surface area (Å²) < 4.78 is 2.25. The lowest BCUT2D eigenvalue weighted by Gasteiger charge is -2.18. The van der Waals surface area contributed by atoms with E-state index in [2.05, 4.69) is 16.7 Å². The summed E-state index contributed by atoms with van der Waals surface area (Å²) in [5, 5.41) is 0.727. The zero-order chi connectivity index (χ0) is 20.7. The van der Waals surface area contributed by atoms with Gasteiger partial charge < -0.3 is 9.47 Å². The molecule has 1 fully saturated rings. The lowest BCUT2D eigenvalue weighted by molar-refractivity contribution is -0.117. The number of aryl methyl sites for hydroxylation is 1. The van der Waals surface area contributed by atoms with Gasteiger partial charge in [0.2, 0.25) is 5.91 Å². The molecular formula is C25H22ClN3O. The largest absolute Gasteiger partial charge is 0.323 e. The van der Waals surface area contributed by atoms with Crippen LogP contribution in [0.4, 0.5) is 5.69 Å². The Bertz CT molecular complexity index is 1230. The second-order valence-corrected chi connectivity index (χ2v) is 8.35. The number of aromatic nitrogens is 2. The molecule has 2 heterocycles. The molecule has 0 N–H and O–H groups in total. The molecule has 4 aromatic rings. The smallest absolute Gasteiger partial charge is 0.227 e. The van der Waals surface area contributed by atoms with Crippen molar-refractivity contribution in [1.82, 2.24) is 9.55 Å². The third-order valence-electron chi connectivity index (χ3n) is 5.74. The Morgan fingerprint density at radius 1 is 1.03 bits per heavy atom. The standard InChI is InChI=1S/C25H22ClN3O/c1-17-5-4-6-21(13-17)28-16-19(14-24(28)30)25-27-22-7-2-3-8-23(22)29(25)15-18-9-11-20(26)12-10-18/h2-13,19H,14-16H2,1H3/t19-/m1/s1. The van der Waals surface area contributed by atoms with Gasteiger partial charge in [-0.25, -0.2) is 4.98 Å². The van der Waals surface area contributed by atoms with Gasteiger partial charge in [-0.15, -0.1) is 0 Å². The van der Waals surface area contributed by atoms with Gasteiger partial charge >= 0.3 is 0 Å². The average molecular weight is 416 g/mol. The summed E-state index contributed by atoms with van der Waals surface area (Å²) in [6.07, 6.45) is 0.470. The van der Waals surface area contributed by atoms with Gasteiger partial charge in [-0.2, -0.15) is 0 Å². The Labute approximate surface area is 180 Å². The van der Waals surface area contributed by atoms with Crippen molar-refractivity contribution < 1.29 is 4.79 Å². The molecule has 30 heavy (non-hydrogen) atoms. The first-order chi connectivity index (χ1) is 14.6. The number of nitrogens with zero attached hydrogens (tertiary/aromatic N) is 3. The van der Waals surface area contributed by atoms with Crippen molar-refractivity contribution in [2.75, 3.05) is 11.4 Å². The molecular weight excluding hydrogens is 394 g/mol. The van der Waals surface area contributed by atoms with Crippen LogP contribution in [0.2, 0.25) is 5.02 Å². The van der Waals surface area contributed by atoms with Crippen LogP contribution in [0.1, 0.15) is 29.3 Å². The van der Waals surface area contributed by atoms with E-state index in [4.69, 9.17) is 16.6 Å². The SMILES string of the molecule is Cc1cccc(N2C[C@H](c3nc4ccccc4n3Cc3ccc(Cl)cc3)CC2=O)c1. The first-order valence-corrected chi connectivity index (χ1v) is 10.5. The Hall–Kier alpha value is -3.11. The van der Waals surface area contributed by atoms with Crippen LogP contribution in [0.5, 0.6) is 0 Å². The highest BCUT2D eigenvalue weighted by molar-refractivity contribution is 6.30. The summed E-state index contributed by atoms with van der Waals surface area (Å²) in [6.45, 7) is 3.39. The molecule has 1 aliphatic heterocycles. The number of fused-ring (bicyclic) bond motifs is 1. The van der Waals surface area contributed by atoms with E-state index >= 15 is 0 Å². The fraction of sp³-hybridized carbons (Fsp3) is 0.200. The molecule has 1 amide bonds. The van der Waals surface area contributed by atoms with E-state index in [0.29, 0.717) is 19.5 Å². The second kappa shape index (κ2) is 7.62. The Kier molecular flexibility index (Phi) is 4.80. The van der Waals surface area contributed by atoms with E-state index in [1.165, 1.54) is 0 Å². The Morgan fingerprint density at radius 3 is 2.63 bits per heavy atom. The maximum absolute atomic E-state index is 12.9. The zero-order valence-corrected chi connectivity index (χ0v) is 17.5. The van der Waals surface area contributed by atoms with Gasteiger partial charge in [0.1, 0.15) is 5.82 Å². The first kappa shape index (κ1) is 18.9. The summed E-state index contributed by atoms with van der Waals surface area (Å²) in [5.41, 5.74) is 5.32. The molecule has 0 bridgehead atoms. The fourth-order valence-corrected chi connectivity index (χ4v) is 4.40. The number of amides is 1. The predicted molar refractivity (Wildman–Crippen MR) is 121 cm³/mol. The van der Waals surface area contributed by atoms with Crippen LogP contribution in [0.25, 0.3) is 11.0 Å². The van der Waals surface area contributed by atoms with Crippen LogP contribution in [-0.4, -0.2) is 22.0 Å². The minimum atomic E-state index is 0.0534. The predicted octanol–water partition coefficient (Wildman–Crippen LogP) is 5.57. The van der Waals surface area contributed by atoms with Gasteiger partial charge in [0.25, 0.3) is 0 Å². The molecule has 1 saturated heterocycles. The fourth-order valence-electron chi connectivity index (χ4n) is 4.27. The molecule has 5 rings (SSSR count). The van der Waals surface area contributed by atoms with E-state index in [1.807, 2.05) is 72.5 Å². The van der Waals surface area contributed by atoms with E-state index in [1.54, 1.807) is 0 Å². The number of imidazole rings is 1. The van der Waals surface area contributed by atoms with Crippen molar-refractivity contribution in [3.05, 3.63) is 94.8 Å². The number of carbonyl (C=O) groups is 1. The van der Waals surface area contributed by atoms with Crippen molar-refractivity contribution in [3.8, 4) is 0 Å². The van der Waals surface area contributed by atoms with Crippen LogP contribution in [0, 0.1) is 6.92 Å². The highest BCUT2D eigenvalue weighted by Gasteiger charge is 2.34. The molecule has 150 valence electrons. The summed E-state index contributed by atoms with van der Waals surface area (Å²) in [7, 11) is 0. The molecule has 1 atom stereocenters. The van der Waals surface area contributed by atoms with Crippen LogP contribution < -0.4 is 4.90 Å². The lowest BCUT2D eigenvalue weighted by atomic mass is 10.1. The minimum Gasteiger partial charge on any atom is -0.323 e. The summed E-state index contributed by atoms with van der Waals surface area (Å²) >= 11 is 6.06. The molecule has 4 nitrogen and oxygen atoms in total. The first-order valence-electron chi connectivity index (χ1n) is 10.1. The topological polar surface area (TPSA) is 38.1 Å². The van der Waals surface area contributed by atoms with Crippen LogP contribution in [-0.2, 0) is 11.3 Å². The number of anilines is 1. The van der Waals surface area contributed by atoms with Crippen molar-refractivity contribution in [3.63, 3.8) is 0 Å². The summed E-state index contributed by atoms with van der Waals surface area (Å²) in [4.78, 5) is 19.7. The molecule has 1 aromatic heterocycles. The minimum absolute atomic E-state index is 0.0534. The maximum Gasteiger partial charge on any atom is 0.227 e. The van der Waals surface area contributed by atoms with Crippen molar-refractivity contribution in [2.24, 2.45) is 0 Å². The summed E-state index contributed by atoms with van der Waals surface area (Å²) in [5.74, 6) is 1.17. The number of halogens is 1. The van der Waals surface area contributed by atoms with Crippen LogP contribution in [0.3, 0.4) is 0 Å². The molecule has 0 saturated carbocycles. The van der Waals surface area contributed by atoms with Gasteiger partial charge in [-0.05, 0) is 54.4 Å². The number of rotatable bonds is 4. The number of para-hydroxylation sites is 2. The van der Waals surface area contributed by atoms with Crippen molar-refractivity contribution >= 4 is 34.2 Å². The highest BCUT2D eigenvalue weighted by atomic mass is 35.5. The maximum atomic E-state index is 12.9. The average Bonchev–Trinajstić information content (AvgIpc) is 3.30. The van der Waals surface area contributed by atoms with Crippen LogP contribution in [0.15, 0.2) is 72.8 Å². The third kappa shape index (κ3) is 3.48. The van der Waals surface area contributed by atoms with Crippen molar-refractivity contribution in [1.29, 1.82) is 0 Å². The van der Waals surface area contributed by atoms with Gasteiger partial charge in [-0.3, -0.25) is 4.79 Å². The normalized spacial score (nSPS) is 16.5. The number of hydrogen-bond acceptors (Lipinski definition) is 2. The number of carbonyl (C=O) groups excluding carboxylic acids is 1. The third-order valence-corrected chi connectivity index (χ3v) is 5.99. The molecule has 1 aliphatic rings. The van der Waals surface area contributed by atoms with Gasteiger partial charge in [0, 0.05) is 36.1 Å². The van der Waals surface area contributed by atoms with E-state index in [9.17, 15) is 4.79 Å². The molecule has 0 spiro atoms. The van der Waals surface area contributed by atoms with Gasteiger partial charge in [-0.1, -0.05) is 48.0 Å². The molecule has 0 radical (unpaired) electrons. The molecule has 0 aliphatic carbocycles. The quantitative estimate of drug-likeness (QED) is 0.437. The highest BCUT2D eigenvalue weighted by Crippen LogP contribution is 2.34.